The molecule has 94 valence electrons. The number of ether oxygens (including phenoxy) is 1. The van der Waals surface area contributed by atoms with Crippen molar-refractivity contribution in [3.05, 3.63) is 22.7 Å². The Balaban J connectivity index is 2.89. The van der Waals surface area contributed by atoms with Gasteiger partial charge in [0, 0.05) is 20.2 Å². The maximum atomic E-state index is 10.9. The van der Waals surface area contributed by atoms with Crippen LogP contribution in [0.2, 0.25) is 5.15 Å². The highest BCUT2D eigenvalue weighted by molar-refractivity contribution is 7.18. The van der Waals surface area contributed by atoms with Crippen LogP contribution in [0.5, 0.6) is 0 Å². The van der Waals surface area contributed by atoms with Gasteiger partial charge in [0.2, 0.25) is 0 Å². The number of rotatable bonds is 7. The topological polar surface area (TPSA) is 62.7 Å². The van der Waals surface area contributed by atoms with Gasteiger partial charge in [0.05, 0.1) is 6.61 Å². The normalized spacial score (nSPS) is 10.2. The molecular formula is C10H13ClN2O3S. The molecule has 7 heteroatoms. The quantitative estimate of drug-likeness (QED) is 0.773. The average molecular weight is 277 g/mol. The van der Waals surface area contributed by atoms with E-state index in [0.717, 1.165) is 11.3 Å². The fourth-order valence-corrected chi connectivity index (χ4v) is 2.34. The summed E-state index contributed by atoms with van der Waals surface area (Å²) < 4.78 is 4.98. The maximum absolute atomic E-state index is 10.9. The van der Waals surface area contributed by atoms with Gasteiger partial charge in [0.1, 0.15) is 0 Å². The summed E-state index contributed by atoms with van der Waals surface area (Å²) >= 11 is 6.80. The molecule has 1 N–H and O–H groups in total. The minimum absolute atomic E-state index is 0.0176. The van der Waals surface area contributed by atoms with Crippen molar-refractivity contribution in [2.45, 2.75) is 0 Å². The summed E-state index contributed by atoms with van der Waals surface area (Å²) in [4.78, 5) is 16.8. The molecule has 0 aromatic carbocycles. The monoisotopic (exact) mass is 276 g/mol. The number of carboxylic acids is 1. The molecule has 17 heavy (non-hydrogen) atoms. The number of hydrogen-bond acceptors (Lipinski definition) is 5. The van der Waals surface area contributed by atoms with Gasteiger partial charge in [0.15, 0.2) is 15.2 Å². The van der Waals surface area contributed by atoms with Gasteiger partial charge in [-0.25, -0.2) is 9.78 Å². The number of halogens is 1. The molecule has 1 rings (SSSR count). The highest BCUT2D eigenvalue weighted by Crippen LogP contribution is 2.29. The zero-order valence-corrected chi connectivity index (χ0v) is 10.9. The number of aromatic nitrogens is 1. The summed E-state index contributed by atoms with van der Waals surface area (Å²) in [6.45, 7) is 5.33. The first-order valence-electron chi connectivity index (χ1n) is 4.84. The summed E-state index contributed by atoms with van der Waals surface area (Å²) in [5.74, 6) is -1.07. The Bertz CT molecular complexity index is 408. The van der Waals surface area contributed by atoms with Crippen LogP contribution in [0, 0.1) is 0 Å². The van der Waals surface area contributed by atoms with Crippen LogP contribution in [0.25, 0.3) is 0 Å². The van der Waals surface area contributed by atoms with E-state index in [0.29, 0.717) is 24.8 Å². The molecule has 0 amide bonds. The van der Waals surface area contributed by atoms with Crippen LogP contribution in [0.3, 0.4) is 0 Å². The largest absolute Gasteiger partial charge is 0.477 e. The number of anilines is 1. The third-order valence-electron chi connectivity index (χ3n) is 1.95. The highest BCUT2D eigenvalue weighted by atomic mass is 35.5. The van der Waals surface area contributed by atoms with Gasteiger partial charge in [-0.3, -0.25) is 0 Å². The van der Waals surface area contributed by atoms with Gasteiger partial charge in [-0.1, -0.05) is 29.0 Å². The molecule has 1 heterocycles. The van der Waals surface area contributed by atoms with Crippen molar-refractivity contribution in [1.82, 2.24) is 4.98 Å². The number of aromatic carboxylic acids is 1. The fourth-order valence-electron chi connectivity index (χ4n) is 1.18. The summed E-state index contributed by atoms with van der Waals surface area (Å²) in [5, 5.41) is 9.47. The summed E-state index contributed by atoms with van der Waals surface area (Å²) in [6, 6.07) is 0. The Morgan fingerprint density at radius 2 is 2.47 bits per heavy atom. The van der Waals surface area contributed by atoms with Gasteiger partial charge >= 0.3 is 5.97 Å². The molecule has 0 fully saturated rings. The third-order valence-corrected chi connectivity index (χ3v) is 3.44. The molecule has 0 aliphatic carbocycles. The lowest BCUT2D eigenvalue weighted by molar-refractivity contribution is 0.0702. The lowest BCUT2D eigenvalue weighted by Crippen LogP contribution is -2.27. The Hall–Kier alpha value is -1.11. The van der Waals surface area contributed by atoms with E-state index in [1.165, 1.54) is 0 Å². The Morgan fingerprint density at radius 1 is 1.76 bits per heavy atom. The van der Waals surface area contributed by atoms with Gasteiger partial charge < -0.3 is 14.7 Å². The van der Waals surface area contributed by atoms with E-state index in [-0.39, 0.29) is 10.0 Å². The molecule has 0 aliphatic rings. The summed E-state index contributed by atoms with van der Waals surface area (Å²) in [6.07, 6.45) is 1.71. The number of thiazole rings is 1. The number of nitrogens with zero attached hydrogens (tertiary/aromatic N) is 2. The summed E-state index contributed by atoms with van der Waals surface area (Å²) in [5.41, 5.74) is 0. The second-order valence-corrected chi connectivity index (χ2v) is 4.48. The van der Waals surface area contributed by atoms with Gasteiger partial charge in [-0.15, -0.1) is 6.58 Å². The Labute approximate surface area is 108 Å². The molecule has 5 nitrogen and oxygen atoms in total. The molecule has 0 unspecified atom stereocenters. The van der Waals surface area contributed by atoms with Gasteiger partial charge in [-0.2, -0.15) is 0 Å². The highest BCUT2D eigenvalue weighted by Gasteiger charge is 2.18. The average Bonchev–Trinajstić information content (AvgIpc) is 2.66. The lowest BCUT2D eigenvalue weighted by Gasteiger charge is -2.19. The second-order valence-electron chi connectivity index (χ2n) is 3.15. The fraction of sp³-hybridized carbons (Fsp3) is 0.400. The zero-order chi connectivity index (χ0) is 12.8. The smallest absolute Gasteiger partial charge is 0.349 e. The van der Waals surface area contributed by atoms with Crippen molar-refractivity contribution in [2.24, 2.45) is 0 Å². The number of methoxy groups -OCH3 is 1. The standard InChI is InChI=1S/C10H13ClN2O3S/c1-3-4-13(5-6-16-2)10-12-8(11)7(17-10)9(14)15/h3H,1,4-6H2,2H3,(H,14,15). The van der Waals surface area contributed by atoms with Crippen LogP contribution >= 0.6 is 22.9 Å². The van der Waals surface area contributed by atoms with Crippen molar-refractivity contribution in [2.75, 3.05) is 31.7 Å². The minimum Gasteiger partial charge on any atom is -0.477 e. The molecule has 1 aromatic rings. The summed E-state index contributed by atoms with van der Waals surface area (Å²) in [7, 11) is 1.60. The maximum Gasteiger partial charge on any atom is 0.349 e. The first kappa shape index (κ1) is 14.0. The molecule has 1 aromatic heterocycles. The van der Waals surface area contributed by atoms with Crippen LogP contribution in [-0.2, 0) is 4.74 Å². The van der Waals surface area contributed by atoms with Gasteiger partial charge in [-0.05, 0) is 0 Å². The van der Waals surface area contributed by atoms with Crippen LogP contribution < -0.4 is 4.90 Å². The molecular weight excluding hydrogens is 264 g/mol. The van der Waals surface area contributed by atoms with Crippen molar-refractivity contribution in [1.29, 1.82) is 0 Å². The van der Waals surface area contributed by atoms with E-state index in [1.54, 1.807) is 13.2 Å². The first-order valence-corrected chi connectivity index (χ1v) is 6.04. The molecule has 0 saturated carbocycles. The predicted molar refractivity (Wildman–Crippen MR) is 68.4 cm³/mol. The lowest BCUT2D eigenvalue weighted by atomic mass is 10.5. The molecule has 0 atom stereocenters. The van der Waals surface area contributed by atoms with E-state index in [4.69, 9.17) is 21.4 Å². The van der Waals surface area contributed by atoms with E-state index in [9.17, 15) is 4.79 Å². The number of carbonyl (C=O) groups is 1. The van der Waals surface area contributed by atoms with E-state index in [2.05, 4.69) is 11.6 Å². The van der Waals surface area contributed by atoms with Crippen molar-refractivity contribution < 1.29 is 14.6 Å². The van der Waals surface area contributed by atoms with Crippen molar-refractivity contribution in [3.63, 3.8) is 0 Å². The zero-order valence-electron chi connectivity index (χ0n) is 9.35. The van der Waals surface area contributed by atoms with E-state index >= 15 is 0 Å². The van der Waals surface area contributed by atoms with Crippen molar-refractivity contribution in [3.8, 4) is 0 Å². The Morgan fingerprint density at radius 3 is 2.94 bits per heavy atom. The molecule has 0 aliphatic heterocycles. The molecule has 0 bridgehead atoms. The van der Waals surface area contributed by atoms with Crippen molar-refractivity contribution >= 4 is 34.0 Å². The van der Waals surface area contributed by atoms with Crippen LogP contribution in [0.1, 0.15) is 9.67 Å². The third kappa shape index (κ3) is 3.69. The minimum atomic E-state index is -1.07. The van der Waals surface area contributed by atoms with Crippen LogP contribution in [-0.4, -0.2) is 42.9 Å². The van der Waals surface area contributed by atoms with E-state index in [1.807, 2.05) is 4.90 Å². The molecule has 0 radical (unpaired) electrons. The number of hydrogen-bond donors (Lipinski definition) is 1. The SMILES string of the molecule is C=CCN(CCOC)c1nc(Cl)c(C(=O)O)s1. The second kappa shape index (κ2) is 6.58. The van der Waals surface area contributed by atoms with Crippen LogP contribution in [0.4, 0.5) is 5.13 Å². The van der Waals surface area contributed by atoms with E-state index < -0.39 is 5.97 Å². The number of carboxylic acid groups (broad SMARTS) is 1. The Kier molecular flexibility index (Phi) is 5.40. The molecule has 0 saturated heterocycles. The van der Waals surface area contributed by atoms with Crippen LogP contribution in [0.15, 0.2) is 12.7 Å². The first-order chi connectivity index (χ1) is 8.10. The van der Waals surface area contributed by atoms with Gasteiger partial charge in [0.25, 0.3) is 0 Å². The molecule has 0 spiro atoms. The predicted octanol–water partition coefficient (Wildman–Crippen LogP) is 2.13.